The number of methoxy groups -OCH3 is 1. The minimum absolute atomic E-state index is 0.657. The molecule has 0 radical (unpaired) electrons. The fraction of sp³-hybridized carbons (Fsp3) is 0.143. The first kappa shape index (κ1) is 14.7. The Hall–Kier alpha value is -0.710. The molecule has 0 atom stereocenters. The first-order chi connectivity index (χ1) is 9.10. The summed E-state index contributed by atoms with van der Waals surface area (Å²) in [5, 5.41) is 3.99. The Bertz CT molecular complexity index is 590. The van der Waals surface area contributed by atoms with E-state index in [1.54, 1.807) is 7.11 Å². The highest BCUT2D eigenvalue weighted by Gasteiger charge is 2.09. The topological polar surface area (TPSA) is 21.3 Å². The molecule has 0 bridgehead atoms. The van der Waals surface area contributed by atoms with Crippen LogP contribution < -0.4 is 10.1 Å². The number of halogens is 3. The highest BCUT2D eigenvalue weighted by molar-refractivity contribution is 9.10. The number of hydrogen-bond acceptors (Lipinski definition) is 2. The molecule has 0 aliphatic heterocycles. The molecular formula is C14H12Br2ClNO. The minimum Gasteiger partial charge on any atom is -0.493 e. The van der Waals surface area contributed by atoms with Crippen molar-refractivity contribution >= 4 is 49.1 Å². The van der Waals surface area contributed by atoms with E-state index < -0.39 is 0 Å². The molecular weight excluding hydrogens is 393 g/mol. The van der Waals surface area contributed by atoms with Crippen LogP contribution in [0.25, 0.3) is 0 Å². The summed E-state index contributed by atoms with van der Waals surface area (Å²) in [6, 6.07) is 11.8. The van der Waals surface area contributed by atoms with Crippen molar-refractivity contribution in [1.82, 2.24) is 0 Å². The molecule has 0 saturated carbocycles. The Morgan fingerprint density at radius 2 is 2.00 bits per heavy atom. The summed E-state index contributed by atoms with van der Waals surface area (Å²) in [6.45, 7) is 0.697. The van der Waals surface area contributed by atoms with Crippen LogP contribution in [0, 0.1) is 0 Å². The third kappa shape index (κ3) is 3.88. The van der Waals surface area contributed by atoms with E-state index in [4.69, 9.17) is 16.3 Å². The number of hydrogen-bond donors (Lipinski definition) is 1. The molecule has 0 saturated heterocycles. The Kier molecular flexibility index (Phi) is 5.13. The molecule has 5 heteroatoms. The summed E-state index contributed by atoms with van der Waals surface area (Å²) in [7, 11) is 1.64. The molecule has 0 aliphatic carbocycles. The molecule has 0 spiro atoms. The number of nitrogens with one attached hydrogen (secondary N) is 1. The first-order valence-electron chi connectivity index (χ1n) is 5.61. The van der Waals surface area contributed by atoms with Gasteiger partial charge in [0.25, 0.3) is 0 Å². The van der Waals surface area contributed by atoms with Crippen molar-refractivity contribution < 1.29 is 4.74 Å². The zero-order valence-electron chi connectivity index (χ0n) is 10.2. The van der Waals surface area contributed by atoms with Crippen molar-refractivity contribution in [2.75, 3.05) is 12.4 Å². The fourth-order valence-electron chi connectivity index (χ4n) is 1.74. The third-order valence-corrected chi connectivity index (χ3v) is 3.89. The zero-order chi connectivity index (χ0) is 13.8. The third-order valence-electron chi connectivity index (χ3n) is 2.58. The fourth-order valence-corrected chi connectivity index (χ4v) is 3.16. The lowest BCUT2D eigenvalue weighted by Gasteiger charge is -2.13. The molecule has 2 aromatic rings. The smallest absolute Gasteiger partial charge is 0.156 e. The normalized spacial score (nSPS) is 10.3. The van der Waals surface area contributed by atoms with Gasteiger partial charge in [-0.05, 0) is 45.8 Å². The van der Waals surface area contributed by atoms with Gasteiger partial charge in [-0.3, -0.25) is 0 Å². The molecule has 100 valence electrons. The summed E-state index contributed by atoms with van der Waals surface area (Å²) in [4.78, 5) is 0. The van der Waals surface area contributed by atoms with E-state index >= 15 is 0 Å². The molecule has 0 aliphatic rings. The van der Waals surface area contributed by atoms with E-state index in [0.717, 1.165) is 20.4 Å². The van der Waals surface area contributed by atoms with Crippen LogP contribution in [0.15, 0.2) is 45.3 Å². The average molecular weight is 406 g/mol. The van der Waals surface area contributed by atoms with Gasteiger partial charge in [0.15, 0.2) is 5.75 Å². The van der Waals surface area contributed by atoms with Crippen molar-refractivity contribution in [3.8, 4) is 5.75 Å². The molecule has 2 nitrogen and oxygen atoms in total. The van der Waals surface area contributed by atoms with Gasteiger partial charge in [-0.2, -0.15) is 0 Å². The lowest BCUT2D eigenvalue weighted by atomic mass is 10.2. The maximum Gasteiger partial charge on any atom is 0.156 e. The van der Waals surface area contributed by atoms with Crippen LogP contribution in [-0.4, -0.2) is 7.11 Å². The standard InChI is InChI=1S/C14H12Br2ClNO/c1-19-14-12(16)6-11(17)7-13(14)18-8-9-3-2-4-10(15)5-9/h2-7,18H,8H2,1H3. The first-order valence-corrected chi connectivity index (χ1v) is 7.58. The lowest BCUT2D eigenvalue weighted by Crippen LogP contribution is -2.02. The Labute approximate surface area is 134 Å². The minimum atomic E-state index is 0.657. The monoisotopic (exact) mass is 403 g/mol. The zero-order valence-corrected chi connectivity index (χ0v) is 14.1. The van der Waals surface area contributed by atoms with Gasteiger partial charge in [-0.1, -0.05) is 39.7 Å². The molecule has 2 aromatic carbocycles. The number of rotatable bonds is 4. The predicted octanol–water partition coefficient (Wildman–Crippen LogP) is 5.49. The van der Waals surface area contributed by atoms with Crippen molar-refractivity contribution in [3.05, 3.63) is 55.9 Å². The Morgan fingerprint density at radius 3 is 2.68 bits per heavy atom. The molecule has 19 heavy (non-hydrogen) atoms. The van der Waals surface area contributed by atoms with Gasteiger partial charge < -0.3 is 10.1 Å². The van der Waals surface area contributed by atoms with Gasteiger partial charge in [0, 0.05) is 16.0 Å². The van der Waals surface area contributed by atoms with Gasteiger partial charge >= 0.3 is 0 Å². The van der Waals surface area contributed by atoms with Crippen LogP contribution in [0.5, 0.6) is 5.75 Å². The molecule has 0 fully saturated rings. The summed E-state index contributed by atoms with van der Waals surface area (Å²) < 4.78 is 7.26. The molecule has 1 N–H and O–H groups in total. The second-order valence-electron chi connectivity index (χ2n) is 3.95. The maximum atomic E-state index is 6.05. The Morgan fingerprint density at radius 1 is 1.21 bits per heavy atom. The summed E-state index contributed by atoms with van der Waals surface area (Å²) in [6.07, 6.45) is 0. The summed E-state index contributed by atoms with van der Waals surface area (Å²) >= 11 is 13.0. The number of anilines is 1. The highest BCUT2D eigenvalue weighted by Crippen LogP contribution is 2.36. The molecule has 0 unspecified atom stereocenters. The van der Waals surface area contributed by atoms with Gasteiger partial charge in [0.05, 0.1) is 17.3 Å². The van der Waals surface area contributed by atoms with Gasteiger partial charge in [-0.25, -0.2) is 0 Å². The number of benzene rings is 2. The molecule has 0 aromatic heterocycles. The molecule has 0 amide bonds. The Balaban J connectivity index is 2.19. The number of ether oxygens (including phenoxy) is 1. The van der Waals surface area contributed by atoms with Gasteiger partial charge in [0.2, 0.25) is 0 Å². The quantitative estimate of drug-likeness (QED) is 0.727. The van der Waals surface area contributed by atoms with Crippen LogP contribution in [0.4, 0.5) is 5.69 Å². The van der Waals surface area contributed by atoms with Crippen LogP contribution in [0.2, 0.25) is 5.02 Å². The second-order valence-corrected chi connectivity index (χ2v) is 6.16. The largest absolute Gasteiger partial charge is 0.493 e. The van der Waals surface area contributed by atoms with Gasteiger partial charge in [0.1, 0.15) is 0 Å². The second kappa shape index (κ2) is 6.64. The van der Waals surface area contributed by atoms with Crippen molar-refractivity contribution in [1.29, 1.82) is 0 Å². The van der Waals surface area contributed by atoms with Crippen LogP contribution in [-0.2, 0) is 6.54 Å². The van der Waals surface area contributed by atoms with E-state index in [1.165, 1.54) is 5.56 Å². The van der Waals surface area contributed by atoms with Crippen LogP contribution >= 0.6 is 43.5 Å². The van der Waals surface area contributed by atoms with Crippen molar-refractivity contribution in [2.45, 2.75) is 6.54 Å². The van der Waals surface area contributed by atoms with E-state index in [1.807, 2.05) is 24.3 Å². The predicted molar refractivity (Wildman–Crippen MR) is 87.2 cm³/mol. The SMILES string of the molecule is COc1c(Br)cc(Cl)cc1NCc1cccc(Br)c1. The highest BCUT2D eigenvalue weighted by atomic mass is 79.9. The van der Waals surface area contributed by atoms with E-state index in [0.29, 0.717) is 11.6 Å². The lowest BCUT2D eigenvalue weighted by molar-refractivity contribution is 0.414. The van der Waals surface area contributed by atoms with Crippen molar-refractivity contribution in [3.63, 3.8) is 0 Å². The summed E-state index contributed by atoms with van der Waals surface area (Å²) in [5.74, 6) is 0.749. The molecule has 2 rings (SSSR count). The van der Waals surface area contributed by atoms with E-state index in [2.05, 4.69) is 49.3 Å². The summed E-state index contributed by atoms with van der Waals surface area (Å²) in [5.41, 5.74) is 2.04. The maximum absolute atomic E-state index is 6.05. The van der Waals surface area contributed by atoms with E-state index in [-0.39, 0.29) is 0 Å². The van der Waals surface area contributed by atoms with Gasteiger partial charge in [-0.15, -0.1) is 0 Å². The van der Waals surface area contributed by atoms with E-state index in [9.17, 15) is 0 Å². The van der Waals surface area contributed by atoms with Crippen LogP contribution in [0.3, 0.4) is 0 Å². The van der Waals surface area contributed by atoms with Crippen molar-refractivity contribution in [2.24, 2.45) is 0 Å². The van der Waals surface area contributed by atoms with Crippen LogP contribution in [0.1, 0.15) is 5.56 Å². The molecule has 0 heterocycles. The average Bonchev–Trinajstić information content (AvgIpc) is 2.36.